The van der Waals surface area contributed by atoms with E-state index in [-0.39, 0.29) is 23.3 Å². The number of hydrogen-bond acceptors (Lipinski definition) is 7. The van der Waals surface area contributed by atoms with Gasteiger partial charge in [-0.2, -0.15) is 0 Å². The summed E-state index contributed by atoms with van der Waals surface area (Å²) < 4.78 is 11.6. The standard InChI is InChI=1S/C18H13NO5.C7H11NO/c1-2-10-9-18(24-17(10)21)13-5-3-11(19-22)7-15(13)23-16-8-12(20)4-6-14(16)18;1-4-5-6(2)8-7(3)9/h2-8,20H,9H2,1H3;4-5H,1H2,2-3H3,(H,8,9)/b10-2+;6-5+. The van der Waals surface area contributed by atoms with Gasteiger partial charge in [-0.3, -0.25) is 4.79 Å². The Labute approximate surface area is 191 Å². The number of aromatic hydroxyl groups is 1. The number of benzene rings is 2. The Morgan fingerprint density at radius 3 is 2.42 bits per heavy atom. The summed E-state index contributed by atoms with van der Waals surface area (Å²) in [4.78, 5) is 33.4. The lowest BCUT2D eigenvalue weighted by molar-refractivity contribution is -0.144. The van der Waals surface area contributed by atoms with Gasteiger partial charge < -0.3 is 19.9 Å². The average Bonchev–Trinajstić information content (AvgIpc) is 3.10. The van der Waals surface area contributed by atoms with Crippen molar-refractivity contribution in [2.75, 3.05) is 0 Å². The second-order valence-electron chi connectivity index (χ2n) is 7.53. The maximum absolute atomic E-state index is 12.2. The van der Waals surface area contributed by atoms with Gasteiger partial charge in [0.25, 0.3) is 0 Å². The van der Waals surface area contributed by atoms with Gasteiger partial charge in [0.2, 0.25) is 5.91 Å². The van der Waals surface area contributed by atoms with Gasteiger partial charge in [0.05, 0.1) is 0 Å². The van der Waals surface area contributed by atoms with Crippen LogP contribution in [0.1, 0.15) is 38.3 Å². The summed E-state index contributed by atoms with van der Waals surface area (Å²) in [6.07, 6.45) is 5.45. The molecule has 1 atom stereocenters. The van der Waals surface area contributed by atoms with E-state index in [1.54, 1.807) is 43.4 Å². The molecule has 0 radical (unpaired) electrons. The number of esters is 1. The van der Waals surface area contributed by atoms with E-state index in [0.29, 0.717) is 34.6 Å². The molecular formula is C25H24N2O6. The van der Waals surface area contributed by atoms with Crippen molar-refractivity contribution in [1.29, 1.82) is 0 Å². The second kappa shape index (κ2) is 9.52. The first-order chi connectivity index (χ1) is 15.7. The van der Waals surface area contributed by atoms with Crippen molar-refractivity contribution < 1.29 is 24.2 Å². The summed E-state index contributed by atoms with van der Waals surface area (Å²) in [5.41, 5.74) is 1.87. The number of carbonyl (C=O) groups excluding carboxylic acids is 2. The molecule has 2 aliphatic heterocycles. The third-order valence-electron chi connectivity index (χ3n) is 5.18. The van der Waals surface area contributed by atoms with Crippen molar-refractivity contribution in [2.24, 2.45) is 5.18 Å². The second-order valence-corrected chi connectivity index (χ2v) is 7.53. The maximum Gasteiger partial charge on any atom is 0.335 e. The molecule has 1 amide bonds. The van der Waals surface area contributed by atoms with Crippen LogP contribution in [0.5, 0.6) is 17.2 Å². The zero-order chi connectivity index (χ0) is 24.2. The average molecular weight is 448 g/mol. The fourth-order valence-corrected chi connectivity index (χ4v) is 3.80. The summed E-state index contributed by atoms with van der Waals surface area (Å²) in [6.45, 7) is 8.55. The summed E-state index contributed by atoms with van der Waals surface area (Å²) in [5.74, 6) is 0.367. The highest BCUT2D eigenvalue weighted by Gasteiger charge is 2.51. The number of amides is 1. The lowest BCUT2D eigenvalue weighted by Gasteiger charge is -2.35. The van der Waals surface area contributed by atoms with E-state index in [1.165, 1.54) is 25.1 Å². The van der Waals surface area contributed by atoms with Gasteiger partial charge in [-0.1, -0.05) is 18.7 Å². The van der Waals surface area contributed by atoms with Crippen LogP contribution in [0.3, 0.4) is 0 Å². The molecule has 1 saturated heterocycles. The molecule has 1 spiro atoms. The van der Waals surface area contributed by atoms with Crippen molar-refractivity contribution in [3.8, 4) is 17.2 Å². The Morgan fingerprint density at radius 2 is 1.85 bits per heavy atom. The van der Waals surface area contributed by atoms with Crippen LogP contribution in [-0.2, 0) is 19.9 Å². The molecule has 2 N–H and O–H groups in total. The van der Waals surface area contributed by atoms with Gasteiger partial charge in [0, 0.05) is 47.9 Å². The number of nitrogens with one attached hydrogen (secondary N) is 1. The molecule has 170 valence electrons. The van der Waals surface area contributed by atoms with E-state index in [1.807, 2.05) is 6.92 Å². The number of fused-ring (bicyclic) bond motifs is 4. The first-order valence-corrected chi connectivity index (χ1v) is 10.2. The van der Waals surface area contributed by atoms with Gasteiger partial charge >= 0.3 is 5.97 Å². The van der Waals surface area contributed by atoms with Crippen LogP contribution in [0.4, 0.5) is 5.69 Å². The number of rotatable bonds is 3. The van der Waals surface area contributed by atoms with Crippen LogP contribution in [-0.4, -0.2) is 17.0 Å². The van der Waals surface area contributed by atoms with Crippen LogP contribution in [0, 0.1) is 4.91 Å². The zero-order valence-electron chi connectivity index (χ0n) is 18.5. The van der Waals surface area contributed by atoms with Gasteiger partial charge in [-0.05, 0) is 49.4 Å². The monoisotopic (exact) mass is 448 g/mol. The van der Waals surface area contributed by atoms with Crippen LogP contribution < -0.4 is 10.1 Å². The largest absolute Gasteiger partial charge is 0.508 e. The summed E-state index contributed by atoms with van der Waals surface area (Å²) in [7, 11) is 0. The Hall–Kier alpha value is -4.20. The Kier molecular flexibility index (Phi) is 6.77. The highest BCUT2D eigenvalue weighted by molar-refractivity contribution is 5.92. The number of ether oxygens (including phenoxy) is 2. The fraction of sp³-hybridized carbons (Fsp3) is 0.200. The van der Waals surface area contributed by atoms with Crippen LogP contribution in [0.15, 0.2) is 77.7 Å². The maximum atomic E-state index is 12.2. The predicted octanol–water partition coefficient (Wildman–Crippen LogP) is 5.24. The molecule has 2 aromatic carbocycles. The first-order valence-electron chi connectivity index (χ1n) is 10.2. The van der Waals surface area contributed by atoms with E-state index < -0.39 is 5.60 Å². The van der Waals surface area contributed by atoms with E-state index in [2.05, 4.69) is 17.1 Å². The highest BCUT2D eigenvalue weighted by Crippen LogP contribution is 2.55. The predicted molar refractivity (Wildman–Crippen MR) is 123 cm³/mol. The number of nitrogens with zero attached hydrogens (tertiary/aromatic N) is 1. The van der Waals surface area contributed by atoms with E-state index >= 15 is 0 Å². The van der Waals surface area contributed by atoms with E-state index in [9.17, 15) is 19.6 Å². The van der Waals surface area contributed by atoms with E-state index in [4.69, 9.17) is 9.47 Å². The fourth-order valence-electron chi connectivity index (χ4n) is 3.80. The van der Waals surface area contributed by atoms with Crippen molar-refractivity contribution >= 4 is 17.6 Å². The van der Waals surface area contributed by atoms with Gasteiger partial charge in [0.1, 0.15) is 22.9 Å². The first kappa shape index (κ1) is 23.5. The smallest absolute Gasteiger partial charge is 0.335 e. The molecule has 8 heteroatoms. The summed E-state index contributed by atoms with van der Waals surface area (Å²) in [6, 6.07) is 9.42. The molecule has 1 unspecified atom stereocenters. The van der Waals surface area contributed by atoms with Crippen molar-refractivity contribution in [1.82, 2.24) is 5.32 Å². The molecular weight excluding hydrogens is 424 g/mol. The number of hydrogen-bond donors (Lipinski definition) is 2. The normalized spacial score (nSPS) is 19.4. The Morgan fingerprint density at radius 1 is 1.18 bits per heavy atom. The van der Waals surface area contributed by atoms with Crippen LogP contribution in [0.2, 0.25) is 0 Å². The van der Waals surface area contributed by atoms with Gasteiger partial charge in [-0.25, -0.2) is 4.79 Å². The number of allylic oxidation sites excluding steroid dienone is 4. The molecule has 0 aromatic heterocycles. The van der Waals surface area contributed by atoms with Crippen LogP contribution in [0.25, 0.3) is 0 Å². The minimum Gasteiger partial charge on any atom is -0.508 e. The molecule has 0 aliphatic carbocycles. The topological polar surface area (TPSA) is 114 Å². The van der Waals surface area contributed by atoms with Crippen LogP contribution >= 0.6 is 0 Å². The molecule has 0 bridgehead atoms. The molecule has 8 nitrogen and oxygen atoms in total. The van der Waals surface area contributed by atoms with Gasteiger partial charge in [-0.15, -0.1) is 4.91 Å². The summed E-state index contributed by atoms with van der Waals surface area (Å²) in [5, 5.41) is 15.3. The SMILES string of the molecule is C/C=C1\CC2(OC1=O)c1ccc(O)cc1Oc1cc(N=O)ccc12.C=C/C=C(\C)NC(C)=O. The van der Waals surface area contributed by atoms with Crippen molar-refractivity contribution in [3.63, 3.8) is 0 Å². The number of phenolic OH excluding ortho intramolecular Hbond substituents is 1. The van der Waals surface area contributed by atoms with Crippen molar-refractivity contribution in [3.05, 3.63) is 88.5 Å². The molecule has 0 saturated carbocycles. The summed E-state index contributed by atoms with van der Waals surface area (Å²) >= 11 is 0. The minimum atomic E-state index is -1.03. The van der Waals surface area contributed by atoms with Gasteiger partial charge in [0.15, 0.2) is 5.60 Å². The number of carbonyl (C=O) groups is 2. The molecule has 2 aliphatic rings. The number of nitroso groups, excluding NO2 is 1. The Balaban J connectivity index is 0.000000292. The van der Waals surface area contributed by atoms with Crippen molar-refractivity contribution in [2.45, 2.75) is 32.8 Å². The third-order valence-corrected chi connectivity index (χ3v) is 5.18. The molecule has 2 aromatic rings. The lowest BCUT2D eigenvalue weighted by Crippen LogP contribution is -2.30. The minimum absolute atomic E-state index is 0.0348. The zero-order valence-corrected chi connectivity index (χ0v) is 18.5. The van der Waals surface area contributed by atoms with E-state index in [0.717, 1.165) is 5.70 Å². The molecule has 33 heavy (non-hydrogen) atoms. The molecule has 2 heterocycles. The highest BCUT2D eigenvalue weighted by atomic mass is 16.6. The quantitative estimate of drug-likeness (QED) is 0.287. The number of phenols is 1. The molecule has 4 rings (SSSR count). The Bertz CT molecular complexity index is 1200. The third kappa shape index (κ3) is 4.69. The molecule has 1 fully saturated rings. The lowest BCUT2D eigenvalue weighted by atomic mass is 9.80.